The van der Waals surface area contributed by atoms with Gasteiger partial charge in [0.1, 0.15) is 0 Å². The van der Waals surface area contributed by atoms with Crippen LogP contribution in [0, 0.1) is 20.8 Å². The number of carbonyl (C=O) groups excluding carboxylic acids is 2. The van der Waals surface area contributed by atoms with Crippen molar-refractivity contribution < 1.29 is 19.1 Å². The van der Waals surface area contributed by atoms with Gasteiger partial charge in [-0.05, 0) is 50.1 Å². The molecule has 33 heavy (non-hydrogen) atoms. The van der Waals surface area contributed by atoms with Crippen molar-refractivity contribution >= 4 is 29.3 Å². The predicted octanol–water partition coefficient (Wildman–Crippen LogP) is 3.13. The molecule has 0 spiro atoms. The molecular weight excluding hydrogens is 442 g/mol. The van der Waals surface area contributed by atoms with Gasteiger partial charge >= 0.3 is 0 Å². The minimum absolute atomic E-state index is 0.115. The highest BCUT2D eigenvalue weighted by Gasteiger charge is 2.17. The van der Waals surface area contributed by atoms with Crippen LogP contribution in [0.1, 0.15) is 32.9 Å². The van der Waals surface area contributed by atoms with Crippen molar-refractivity contribution in [3.05, 3.63) is 58.4 Å². The Morgan fingerprint density at radius 2 is 1.79 bits per heavy atom. The van der Waals surface area contributed by atoms with Crippen molar-refractivity contribution in [2.75, 3.05) is 17.9 Å². The van der Waals surface area contributed by atoms with Crippen molar-refractivity contribution in [1.29, 1.82) is 0 Å². The van der Waals surface area contributed by atoms with Gasteiger partial charge in [-0.3, -0.25) is 9.59 Å². The molecule has 0 bridgehead atoms. The first-order valence-corrected chi connectivity index (χ1v) is 11.4. The van der Waals surface area contributed by atoms with E-state index < -0.39 is 0 Å². The number of aryl methyl sites for hydroxylation is 3. The van der Waals surface area contributed by atoms with Crippen LogP contribution in [-0.2, 0) is 18.4 Å². The number of nitrogens with one attached hydrogen (secondary N) is 2. The molecule has 0 saturated heterocycles. The lowest BCUT2D eigenvalue weighted by Crippen LogP contribution is -2.24. The third-order valence-electron chi connectivity index (χ3n) is 5.24. The van der Waals surface area contributed by atoms with E-state index in [-0.39, 0.29) is 30.9 Å². The van der Waals surface area contributed by atoms with E-state index >= 15 is 0 Å². The van der Waals surface area contributed by atoms with E-state index in [1.165, 1.54) is 11.8 Å². The lowest BCUT2D eigenvalue weighted by atomic mass is 10.1. The Morgan fingerprint density at radius 3 is 2.55 bits per heavy atom. The molecule has 1 aromatic heterocycles. The SMILES string of the molecule is Cc1cc(C)c(NC(=O)CSc2nnc(CNC(=O)c3ccc4c(c3)OCO4)n2C)c(C)c1. The maximum absolute atomic E-state index is 12.5. The summed E-state index contributed by atoms with van der Waals surface area (Å²) in [5.74, 6) is 1.58. The molecule has 9 nitrogen and oxygen atoms in total. The Morgan fingerprint density at radius 1 is 1.06 bits per heavy atom. The number of thioether (sulfide) groups is 1. The summed E-state index contributed by atoms with van der Waals surface area (Å²) in [7, 11) is 1.80. The minimum atomic E-state index is -0.256. The molecule has 172 valence electrons. The van der Waals surface area contributed by atoms with E-state index in [0.717, 1.165) is 22.4 Å². The molecule has 0 aliphatic carbocycles. The summed E-state index contributed by atoms with van der Waals surface area (Å²) < 4.78 is 12.3. The Hall–Kier alpha value is -3.53. The zero-order valence-corrected chi connectivity index (χ0v) is 19.7. The molecule has 2 N–H and O–H groups in total. The third-order valence-corrected chi connectivity index (χ3v) is 6.26. The fourth-order valence-electron chi connectivity index (χ4n) is 3.61. The van der Waals surface area contributed by atoms with E-state index in [9.17, 15) is 9.59 Å². The van der Waals surface area contributed by atoms with Crippen molar-refractivity contribution in [3.8, 4) is 11.5 Å². The highest BCUT2D eigenvalue weighted by Crippen LogP contribution is 2.32. The van der Waals surface area contributed by atoms with Gasteiger partial charge in [-0.2, -0.15) is 0 Å². The first-order chi connectivity index (χ1) is 15.8. The normalized spacial score (nSPS) is 12.0. The number of nitrogens with zero attached hydrogens (tertiary/aromatic N) is 3. The number of hydrogen-bond acceptors (Lipinski definition) is 7. The maximum atomic E-state index is 12.5. The summed E-state index contributed by atoms with van der Waals surface area (Å²) in [5, 5.41) is 14.7. The number of carbonyl (C=O) groups is 2. The molecule has 4 rings (SSSR count). The van der Waals surface area contributed by atoms with Crippen molar-refractivity contribution in [1.82, 2.24) is 20.1 Å². The summed E-state index contributed by atoms with van der Waals surface area (Å²) in [4.78, 5) is 25.0. The Balaban J connectivity index is 1.31. The molecule has 0 radical (unpaired) electrons. The van der Waals surface area contributed by atoms with Crippen LogP contribution in [0.5, 0.6) is 11.5 Å². The molecule has 0 unspecified atom stereocenters. The predicted molar refractivity (Wildman–Crippen MR) is 125 cm³/mol. The van der Waals surface area contributed by atoms with Gasteiger partial charge in [0.15, 0.2) is 22.5 Å². The van der Waals surface area contributed by atoms with Crippen LogP contribution in [0.2, 0.25) is 0 Å². The fraction of sp³-hybridized carbons (Fsp3) is 0.304. The van der Waals surface area contributed by atoms with E-state index in [1.54, 1.807) is 29.8 Å². The summed E-state index contributed by atoms with van der Waals surface area (Å²) in [6, 6.07) is 9.12. The van der Waals surface area contributed by atoms with Crippen molar-refractivity contribution in [2.45, 2.75) is 32.5 Å². The lowest BCUT2D eigenvalue weighted by molar-refractivity contribution is -0.113. The van der Waals surface area contributed by atoms with Crippen LogP contribution in [0.25, 0.3) is 0 Å². The monoisotopic (exact) mass is 467 g/mol. The highest BCUT2D eigenvalue weighted by atomic mass is 32.2. The quantitative estimate of drug-likeness (QED) is 0.514. The van der Waals surface area contributed by atoms with E-state index in [4.69, 9.17) is 9.47 Å². The first-order valence-electron chi connectivity index (χ1n) is 10.4. The van der Waals surface area contributed by atoms with E-state index in [0.29, 0.717) is 28.0 Å². The summed E-state index contributed by atoms with van der Waals surface area (Å²) >= 11 is 1.29. The van der Waals surface area contributed by atoms with Gasteiger partial charge in [-0.25, -0.2) is 0 Å². The Bertz CT molecular complexity index is 1200. The number of amides is 2. The van der Waals surface area contributed by atoms with Gasteiger partial charge in [0.05, 0.1) is 12.3 Å². The zero-order valence-electron chi connectivity index (χ0n) is 18.9. The third kappa shape index (κ3) is 5.11. The maximum Gasteiger partial charge on any atom is 0.251 e. The fourth-order valence-corrected chi connectivity index (χ4v) is 4.34. The summed E-state index contributed by atoms with van der Waals surface area (Å²) in [5.41, 5.74) is 4.54. The zero-order chi connectivity index (χ0) is 23.5. The molecule has 1 aliphatic rings. The van der Waals surface area contributed by atoms with Crippen LogP contribution in [-0.4, -0.2) is 39.1 Å². The van der Waals surface area contributed by atoms with Gasteiger partial charge in [0.25, 0.3) is 5.91 Å². The molecule has 3 aromatic rings. The molecule has 1 aliphatic heterocycles. The van der Waals surface area contributed by atoms with Gasteiger partial charge in [-0.1, -0.05) is 29.5 Å². The number of fused-ring (bicyclic) bond motifs is 1. The second kappa shape index (κ2) is 9.53. The molecule has 2 heterocycles. The number of ether oxygens (including phenoxy) is 2. The van der Waals surface area contributed by atoms with Gasteiger partial charge < -0.3 is 24.7 Å². The molecule has 2 amide bonds. The molecule has 0 saturated carbocycles. The topological polar surface area (TPSA) is 107 Å². The van der Waals surface area contributed by atoms with Gasteiger partial charge in [0, 0.05) is 18.3 Å². The largest absolute Gasteiger partial charge is 0.454 e. The average molecular weight is 468 g/mol. The molecule has 0 fully saturated rings. The lowest BCUT2D eigenvalue weighted by Gasteiger charge is -2.12. The van der Waals surface area contributed by atoms with Crippen LogP contribution < -0.4 is 20.1 Å². The Labute approximate surface area is 195 Å². The number of benzene rings is 2. The van der Waals surface area contributed by atoms with E-state index in [1.807, 2.05) is 32.9 Å². The van der Waals surface area contributed by atoms with Crippen molar-refractivity contribution in [3.63, 3.8) is 0 Å². The van der Waals surface area contributed by atoms with E-state index in [2.05, 4.69) is 20.8 Å². The summed E-state index contributed by atoms with van der Waals surface area (Å²) in [6.07, 6.45) is 0. The second-order valence-electron chi connectivity index (χ2n) is 7.82. The standard InChI is InChI=1S/C23H25N5O4S/c1-13-7-14(2)21(15(3)8-13)25-20(29)11-33-23-27-26-19(28(23)4)10-24-22(30)16-5-6-17-18(9-16)32-12-31-17/h5-9H,10-12H2,1-4H3,(H,24,30)(H,25,29). The summed E-state index contributed by atoms with van der Waals surface area (Å²) in [6.45, 7) is 6.35. The number of rotatable bonds is 7. The van der Waals surface area contributed by atoms with Crippen molar-refractivity contribution in [2.24, 2.45) is 7.05 Å². The molecule has 10 heteroatoms. The molecule has 0 atom stereocenters. The number of aromatic nitrogens is 3. The number of hydrogen-bond donors (Lipinski definition) is 2. The van der Waals surface area contributed by atoms with Gasteiger partial charge in [-0.15, -0.1) is 10.2 Å². The number of anilines is 1. The van der Waals surface area contributed by atoms with Crippen LogP contribution in [0.15, 0.2) is 35.5 Å². The first kappa shape index (κ1) is 22.7. The highest BCUT2D eigenvalue weighted by molar-refractivity contribution is 7.99. The minimum Gasteiger partial charge on any atom is -0.454 e. The average Bonchev–Trinajstić information content (AvgIpc) is 3.39. The molecular formula is C23H25N5O4S. The second-order valence-corrected chi connectivity index (χ2v) is 8.76. The smallest absolute Gasteiger partial charge is 0.251 e. The van der Waals surface area contributed by atoms with Crippen LogP contribution in [0.3, 0.4) is 0 Å². The van der Waals surface area contributed by atoms with Crippen LogP contribution in [0.4, 0.5) is 5.69 Å². The van der Waals surface area contributed by atoms with Crippen LogP contribution >= 0.6 is 11.8 Å². The van der Waals surface area contributed by atoms with Gasteiger partial charge in [0.2, 0.25) is 12.7 Å². The Kier molecular flexibility index (Phi) is 6.55. The molecule has 2 aromatic carbocycles.